The van der Waals surface area contributed by atoms with Crippen LogP contribution in [0, 0.1) is 5.41 Å². The smallest absolute Gasteiger partial charge is 0.315 e. The van der Waals surface area contributed by atoms with E-state index < -0.39 is 21.6 Å². The Hall–Kier alpha value is -1.50. The molecule has 0 aromatic heterocycles. The van der Waals surface area contributed by atoms with Crippen molar-refractivity contribution < 1.29 is 14.3 Å². The number of nitrogens with zero attached hydrogens (tertiary/aromatic N) is 2. The van der Waals surface area contributed by atoms with E-state index in [9.17, 15) is 9.59 Å². The predicted octanol–water partition coefficient (Wildman–Crippen LogP) is 2.89. The Morgan fingerprint density at radius 3 is 2.26 bits per heavy atom. The van der Waals surface area contributed by atoms with Gasteiger partial charge in [0.15, 0.2) is 6.61 Å². The van der Waals surface area contributed by atoms with E-state index in [0.717, 1.165) is 38.4 Å². The van der Waals surface area contributed by atoms with E-state index in [1.807, 2.05) is 24.3 Å². The van der Waals surface area contributed by atoms with E-state index in [2.05, 4.69) is 22.0 Å². The first-order valence-corrected chi connectivity index (χ1v) is 9.93. The number of esters is 1. The molecule has 1 amide bonds. The molecule has 6 nitrogen and oxygen atoms in total. The number of alkyl halides is 2. The number of rotatable bonds is 6. The second kappa shape index (κ2) is 7.86. The largest absolute Gasteiger partial charge is 0.455 e. The van der Waals surface area contributed by atoms with Crippen LogP contribution in [0.3, 0.4) is 0 Å². The summed E-state index contributed by atoms with van der Waals surface area (Å²) in [6.07, 6.45) is 0.331. The maximum atomic E-state index is 12.0. The van der Waals surface area contributed by atoms with E-state index in [0.29, 0.717) is 12.1 Å². The zero-order valence-electron chi connectivity index (χ0n) is 15.6. The Morgan fingerprint density at radius 1 is 1.15 bits per heavy atom. The molecule has 0 spiro atoms. The van der Waals surface area contributed by atoms with Gasteiger partial charge in [0.1, 0.15) is 9.75 Å². The third kappa shape index (κ3) is 4.50. The van der Waals surface area contributed by atoms with Crippen molar-refractivity contribution in [2.24, 2.45) is 5.41 Å². The summed E-state index contributed by atoms with van der Waals surface area (Å²) in [4.78, 5) is 28.8. The number of ether oxygens (including phenoxy) is 1. The molecule has 1 aromatic rings. The van der Waals surface area contributed by atoms with Crippen molar-refractivity contribution in [1.82, 2.24) is 4.90 Å². The van der Waals surface area contributed by atoms with Crippen molar-refractivity contribution in [3.8, 4) is 0 Å². The molecule has 1 aliphatic heterocycles. The van der Waals surface area contributed by atoms with Gasteiger partial charge in [-0.3, -0.25) is 9.59 Å². The lowest BCUT2D eigenvalue weighted by Crippen LogP contribution is -2.46. The molecule has 1 heterocycles. The molecule has 8 heteroatoms. The van der Waals surface area contributed by atoms with Crippen LogP contribution in [0.15, 0.2) is 24.3 Å². The summed E-state index contributed by atoms with van der Waals surface area (Å²) < 4.78 is 3.95. The Balaban J connectivity index is 1.46. The summed E-state index contributed by atoms with van der Waals surface area (Å²) in [6.45, 7) is 8.64. The number of hydrogen-bond acceptors (Lipinski definition) is 5. The summed E-state index contributed by atoms with van der Waals surface area (Å²) in [5, 5.41) is 2.73. The van der Waals surface area contributed by atoms with Crippen molar-refractivity contribution in [2.75, 3.05) is 49.5 Å². The molecule has 2 aliphatic rings. The van der Waals surface area contributed by atoms with E-state index >= 15 is 0 Å². The van der Waals surface area contributed by atoms with Gasteiger partial charge in [0.05, 0.1) is 0 Å². The number of benzene rings is 1. The molecule has 0 bridgehead atoms. The van der Waals surface area contributed by atoms with Crippen LogP contribution in [0.1, 0.15) is 20.3 Å². The van der Waals surface area contributed by atoms with Gasteiger partial charge in [-0.2, -0.15) is 0 Å². The van der Waals surface area contributed by atoms with E-state index in [4.69, 9.17) is 27.9 Å². The minimum atomic E-state index is -1.10. The van der Waals surface area contributed by atoms with Gasteiger partial charge in [-0.25, -0.2) is 0 Å². The summed E-state index contributed by atoms with van der Waals surface area (Å²) in [5.74, 6) is -0.948. The Kier molecular flexibility index (Phi) is 5.89. The molecule has 0 unspecified atom stereocenters. The minimum absolute atomic E-state index is 0.331. The number of anilines is 2. The fourth-order valence-electron chi connectivity index (χ4n) is 3.19. The molecule has 0 radical (unpaired) electrons. The molecular formula is C19H25Cl2N3O3. The number of hydrogen-bond donors (Lipinski definition) is 1. The van der Waals surface area contributed by atoms with E-state index in [1.54, 1.807) is 6.92 Å². The number of nitrogens with one attached hydrogen (secondary N) is 1. The van der Waals surface area contributed by atoms with Gasteiger partial charge in [0.25, 0.3) is 5.91 Å². The van der Waals surface area contributed by atoms with Gasteiger partial charge in [-0.15, -0.1) is 23.2 Å². The number of halogens is 2. The van der Waals surface area contributed by atoms with Crippen LogP contribution in [-0.4, -0.2) is 60.4 Å². The van der Waals surface area contributed by atoms with Gasteiger partial charge in [0.2, 0.25) is 0 Å². The molecule has 1 aromatic carbocycles. The molecule has 1 saturated carbocycles. The minimum Gasteiger partial charge on any atom is -0.455 e. The second-order valence-corrected chi connectivity index (χ2v) is 8.79. The van der Waals surface area contributed by atoms with Crippen molar-refractivity contribution in [1.29, 1.82) is 0 Å². The summed E-state index contributed by atoms with van der Waals surface area (Å²) in [7, 11) is 0. The summed E-state index contributed by atoms with van der Waals surface area (Å²) >= 11 is 11.9. The summed E-state index contributed by atoms with van der Waals surface area (Å²) in [5.41, 5.74) is 0.867. The molecule has 2 fully saturated rings. The molecule has 1 atom stereocenters. The third-order valence-corrected chi connectivity index (χ3v) is 6.48. The monoisotopic (exact) mass is 413 g/mol. The van der Waals surface area contributed by atoms with Crippen LogP contribution in [0.2, 0.25) is 0 Å². The van der Waals surface area contributed by atoms with Gasteiger partial charge < -0.3 is 19.9 Å². The number of carbonyl (C=O) groups is 2. The average Bonchev–Trinajstić information content (AvgIpc) is 3.19. The number of piperazine rings is 1. The van der Waals surface area contributed by atoms with Gasteiger partial charge >= 0.3 is 5.97 Å². The molecule has 27 heavy (non-hydrogen) atoms. The van der Waals surface area contributed by atoms with E-state index in [1.165, 1.54) is 0 Å². The van der Waals surface area contributed by atoms with Crippen molar-refractivity contribution >= 4 is 46.5 Å². The highest BCUT2D eigenvalue weighted by Gasteiger charge is 2.69. The number of amides is 1. The molecule has 148 valence electrons. The van der Waals surface area contributed by atoms with Crippen molar-refractivity contribution in [2.45, 2.75) is 24.6 Å². The normalized spacial score (nSPS) is 24.4. The topological polar surface area (TPSA) is 61.9 Å². The second-order valence-electron chi connectivity index (χ2n) is 7.31. The van der Waals surface area contributed by atoms with Crippen LogP contribution in [0.4, 0.5) is 11.4 Å². The highest BCUT2D eigenvalue weighted by atomic mass is 35.5. The van der Waals surface area contributed by atoms with Crippen LogP contribution < -0.4 is 10.2 Å². The average molecular weight is 414 g/mol. The fraction of sp³-hybridized carbons (Fsp3) is 0.579. The lowest BCUT2D eigenvalue weighted by molar-refractivity contribution is -0.152. The lowest BCUT2D eigenvalue weighted by atomic mass is 10.1. The van der Waals surface area contributed by atoms with Crippen LogP contribution in [0.5, 0.6) is 0 Å². The molecular weight excluding hydrogens is 389 g/mol. The molecule has 1 saturated heterocycles. The fourth-order valence-corrected chi connectivity index (χ4v) is 3.88. The SMILES string of the molecule is CCN1CCN(c2ccc(NC(=O)COC(=O)[C@@]3(C)CC3(Cl)Cl)cc2)CC1. The van der Waals surface area contributed by atoms with Gasteiger partial charge in [0, 0.05) is 44.0 Å². The number of carbonyl (C=O) groups excluding carboxylic acids is 2. The zero-order valence-corrected chi connectivity index (χ0v) is 17.1. The molecule has 3 rings (SSSR count). The molecule has 1 aliphatic carbocycles. The van der Waals surface area contributed by atoms with Crippen LogP contribution >= 0.6 is 23.2 Å². The quantitative estimate of drug-likeness (QED) is 0.573. The Bertz CT molecular complexity index is 703. The summed E-state index contributed by atoms with van der Waals surface area (Å²) in [6, 6.07) is 7.69. The zero-order chi connectivity index (χ0) is 19.7. The Labute approximate surface area is 169 Å². The van der Waals surface area contributed by atoms with Gasteiger partial charge in [-0.1, -0.05) is 6.92 Å². The first-order chi connectivity index (χ1) is 12.7. The van der Waals surface area contributed by atoms with E-state index in [-0.39, 0.29) is 6.61 Å². The number of likely N-dealkylation sites (N-methyl/N-ethyl adjacent to an activating group) is 1. The van der Waals surface area contributed by atoms with Gasteiger partial charge in [-0.05, 0) is 37.7 Å². The predicted molar refractivity (Wildman–Crippen MR) is 108 cm³/mol. The van der Waals surface area contributed by atoms with Crippen molar-refractivity contribution in [3.63, 3.8) is 0 Å². The van der Waals surface area contributed by atoms with Crippen LogP contribution in [0.25, 0.3) is 0 Å². The Morgan fingerprint density at radius 2 is 1.74 bits per heavy atom. The molecule has 1 N–H and O–H groups in total. The maximum Gasteiger partial charge on any atom is 0.315 e. The third-order valence-electron chi connectivity index (χ3n) is 5.38. The maximum absolute atomic E-state index is 12.0. The van der Waals surface area contributed by atoms with Crippen molar-refractivity contribution in [3.05, 3.63) is 24.3 Å². The van der Waals surface area contributed by atoms with Crippen LogP contribution in [-0.2, 0) is 14.3 Å². The highest BCUT2D eigenvalue weighted by molar-refractivity contribution is 6.53. The lowest BCUT2D eigenvalue weighted by Gasteiger charge is -2.35. The first-order valence-electron chi connectivity index (χ1n) is 9.17. The first kappa shape index (κ1) is 20.2. The standard InChI is InChI=1S/C19H25Cl2N3O3/c1-3-23-8-10-24(11-9-23)15-6-4-14(5-7-15)22-16(25)12-27-17(26)18(2)13-19(18,20)21/h4-7H,3,8-13H2,1-2H3,(H,22,25)/t18-/m1/s1. The highest BCUT2D eigenvalue weighted by Crippen LogP contribution is 2.64.